The van der Waals surface area contributed by atoms with E-state index in [2.05, 4.69) is 10.6 Å². The Hall–Kier alpha value is -2.08. The Morgan fingerprint density at radius 2 is 2.05 bits per heavy atom. The van der Waals surface area contributed by atoms with Crippen LogP contribution in [0.5, 0.6) is 0 Å². The van der Waals surface area contributed by atoms with Crippen LogP contribution in [0.4, 0.5) is 10.5 Å². The fourth-order valence-corrected chi connectivity index (χ4v) is 1.71. The minimum Gasteiger partial charge on any atom is -0.478 e. The van der Waals surface area contributed by atoms with Gasteiger partial charge in [0, 0.05) is 18.3 Å². The summed E-state index contributed by atoms with van der Waals surface area (Å²) in [6, 6.07) is 5.76. The molecule has 0 bridgehead atoms. The first-order chi connectivity index (χ1) is 8.88. The zero-order valence-electron chi connectivity index (χ0n) is 11.3. The van der Waals surface area contributed by atoms with E-state index >= 15 is 0 Å². The van der Waals surface area contributed by atoms with Crippen molar-refractivity contribution < 1.29 is 14.7 Å². The number of carbonyl (C=O) groups is 2. The van der Waals surface area contributed by atoms with Gasteiger partial charge in [0.1, 0.15) is 0 Å². The van der Waals surface area contributed by atoms with Gasteiger partial charge >= 0.3 is 12.0 Å². The first-order valence-electron chi connectivity index (χ1n) is 5.94. The first-order valence-corrected chi connectivity index (χ1v) is 5.94. The number of anilines is 1. The molecule has 6 heteroatoms. The number of hydrogen-bond acceptors (Lipinski definition) is 3. The molecular weight excluding hydrogens is 246 g/mol. The predicted molar refractivity (Wildman–Crippen MR) is 73.6 cm³/mol. The lowest BCUT2D eigenvalue weighted by Gasteiger charge is -2.18. The van der Waals surface area contributed by atoms with Gasteiger partial charge in [-0.25, -0.2) is 9.59 Å². The van der Waals surface area contributed by atoms with Crippen molar-refractivity contribution in [3.63, 3.8) is 0 Å². The summed E-state index contributed by atoms with van der Waals surface area (Å²) < 4.78 is 0. The molecule has 0 saturated carbocycles. The van der Waals surface area contributed by atoms with E-state index in [4.69, 9.17) is 5.11 Å². The van der Waals surface area contributed by atoms with Crippen LogP contribution in [0.1, 0.15) is 17.3 Å². The van der Waals surface area contributed by atoms with Crippen LogP contribution in [0.2, 0.25) is 0 Å². The summed E-state index contributed by atoms with van der Waals surface area (Å²) in [4.78, 5) is 24.5. The molecule has 0 aliphatic carbocycles. The zero-order valence-corrected chi connectivity index (χ0v) is 11.3. The van der Waals surface area contributed by atoms with Gasteiger partial charge in [0.25, 0.3) is 0 Å². The SMILES string of the molecule is CC(CN(C)C)NC(=O)Nc1cccc(C(=O)O)c1. The highest BCUT2D eigenvalue weighted by Gasteiger charge is 2.09. The third-order valence-electron chi connectivity index (χ3n) is 2.38. The number of carboxylic acids is 1. The van der Waals surface area contributed by atoms with Crippen LogP contribution >= 0.6 is 0 Å². The third-order valence-corrected chi connectivity index (χ3v) is 2.38. The minimum absolute atomic E-state index is 0.00217. The molecular formula is C13H19N3O3. The molecule has 0 aliphatic rings. The van der Waals surface area contributed by atoms with E-state index in [0.29, 0.717) is 5.69 Å². The molecule has 1 aromatic carbocycles. The lowest BCUT2D eigenvalue weighted by Crippen LogP contribution is -2.41. The van der Waals surface area contributed by atoms with Crippen LogP contribution in [0.15, 0.2) is 24.3 Å². The highest BCUT2D eigenvalue weighted by atomic mass is 16.4. The summed E-state index contributed by atoms with van der Waals surface area (Å²) in [5.41, 5.74) is 0.591. The van der Waals surface area contributed by atoms with E-state index in [1.807, 2.05) is 25.9 Å². The lowest BCUT2D eigenvalue weighted by molar-refractivity contribution is 0.0697. The monoisotopic (exact) mass is 265 g/mol. The second-order valence-corrected chi connectivity index (χ2v) is 4.65. The normalized spacial score (nSPS) is 12.0. The van der Waals surface area contributed by atoms with Crippen LogP contribution < -0.4 is 10.6 Å². The van der Waals surface area contributed by atoms with Crippen molar-refractivity contribution in [1.29, 1.82) is 0 Å². The van der Waals surface area contributed by atoms with Gasteiger partial charge in [-0.15, -0.1) is 0 Å². The number of likely N-dealkylation sites (N-methyl/N-ethyl adjacent to an activating group) is 1. The van der Waals surface area contributed by atoms with Gasteiger partial charge in [0.05, 0.1) is 5.56 Å². The average molecular weight is 265 g/mol. The molecule has 0 fully saturated rings. The maximum atomic E-state index is 11.7. The number of nitrogens with one attached hydrogen (secondary N) is 2. The molecule has 0 saturated heterocycles. The summed E-state index contributed by atoms with van der Waals surface area (Å²) in [5.74, 6) is -1.02. The molecule has 0 aliphatic heterocycles. The van der Waals surface area contributed by atoms with Gasteiger partial charge in [-0.3, -0.25) is 0 Å². The number of amides is 2. The Morgan fingerprint density at radius 1 is 1.37 bits per heavy atom. The van der Waals surface area contributed by atoms with E-state index in [0.717, 1.165) is 6.54 Å². The van der Waals surface area contributed by atoms with Crippen LogP contribution in [0.3, 0.4) is 0 Å². The van der Waals surface area contributed by atoms with Crippen molar-refractivity contribution >= 4 is 17.7 Å². The Bertz CT molecular complexity index is 460. The molecule has 104 valence electrons. The van der Waals surface area contributed by atoms with Crippen molar-refractivity contribution in [3.8, 4) is 0 Å². The second-order valence-electron chi connectivity index (χ2n) is 4.65. The fourth-order valence-electron chi connectivity index (χ4n) is 1.71. The Morgan fingerprint density at radius 3 is 2.63 bits per heavy atom. The van der Waals surface area contributed by atoms with E-state index in [9.17, 15) is 9.59 Å². The fraction of sp³-hybridized carbons (Fsp3) is 0.385. The van der Waals surface area contributed by atoms with E-state index in [1.165, 1.54) is 12.1 Å². The predicted octanol–water partition coefficient (Wildman–Crippen LogP) is 1.46. The first kappa shape index (κ1) is 15.0. The standard InChI is InChI=1S/C13H19N3O3/c1-9(8-16(2)3)14-13(19)15-11-6-4-5-10(7-11)12(17)18/h4-7,9H,8H2,1-3H3,(H,17,18)(H2,14,15,19). The maximum absolute atomic E-state index is 11.7. The van der Waals surface area contributed by atoms with E-state index in [-0.39, 0.29) is 17.6 Å². The van der Waals surface area contributed by atoms with Crippen molar-refractivity contribution in [2.45, 2.75) is 13.0 Å². The molecule has 0 radical (unpaired) electrons. The van der Waals surface area contributed by atoms with Gasteiger partial charge in [-0.1, -0.05) is 6.07 Å². The Balaban J connectivity index is 2.57. The van der Waals surface area contributed by atoms with Crippen LogP contribution in [0, 0.1) is 0 Å². The number of carboxylic acid groups (broad SMARTS) is 1. The van der Waals surface area contributed by atoms with E-state index < -0.39 is 5.97 Å². The van der Waals surface area contributed by atoms with Crippen molar-refractivity contribution in [1.82, 2.24) is 10.2 Å². The maximum Gasteiger partial charge on any atom is 0.335 e. The molecule has 1 unspecified atom stereocenters. The van der Waals surface area contributed by atoms with Crippen LogP contribution in [0.25, 0.3) is 0 Å². The summed E-state index contributed by atoms with van der Waals surface area (Å²) in [5, 5.41) is 14.2. The van der Waals surface area contributed by atoms with Gasteiger partial charge < -0.3 is 20.6 Å². The largest absolute Gasteiger partial charge is 0.478 e. The van der Waals surface area contributed by atoms with Gasteiger partial charge in [0.2, 0.25) is 0 Å². The van der Waals surface area contributed by atoms with Gasteiger partial charge in [-0.2, -0.15) is 0 Å². The molecule has 3 N–H and O–H groups in total. The average Bonchev–Trinajstić information content (AvgIpc) is 2.27. The highest BCUT2D eigenvalue weighted by Crippen LogP contribution is 2.10. The number of benzene rings is 1. The molecule has 19 heavy (non-hydrogen) atoms. The summed E-state index contributed by atoms with van der Waals surface area (Å²) in [6.45, 7) is 2.62. The number of nitrogens with zero attached hydrogens (tertiary/aromatic N) is 1. The zero-order chi connectivity index (χ0) is 14.4. The quantitative estimate of drug-likeness (QED) is 0.752. The number of aromatic carboxylic acids is 1. The molecule has 6 nitrogen and oxygen atoms in total. The second kappa shape index (κ2) is 6.75. The van der Waals surface area contributed by atoms with Crippen molar-refractivity contribution in [2.75, 3.05) is 26.0 Å². The molecule has 1 aromatic rings. The van der Waals surface area contributed by atoms with Crippen molar-refractivity contribution in [3.05, 3.63) is 29.8 Å². The lowest BCUT2D eigenvalue weighted by atomic mass is 10.2. The topological polar surface area (TPSA) is 81.7 Å². The van der Waals surface area contributed by atoms with Crippen LogP contribution in [-0.2, 0) is 0 Å². The summed E-state index contributed by atoms with van der Waals surface area (Å²) in [7, 11) is 3.85. The third kappa shape index (κ3) is 5.39. The smallest absolute Gasteiger partial charge is 0.335 e. The summed E-state index contributed by atoms with van der Waals surface area (Å²) >= 11 is 0. The number of hydrogen-bond donors (Lipinski definition) is 3. The van der Waals surface area contributed by atoms with E-state index in [1.54, 1.807) is 12.1 Å². The van der Waals surface area contributed by atoms with Crippen LogP contribution in [-0.4, -0.2) is 48.7 Å². The molecule has 1 rings (SSSR count). The number of rotatable bonds is 5. The minimum atomic E-state index is -1.02. The Labute approximate surface area is 112 Å². The molecule has 2 amide bonds. The molecule has 0 aromatic heterocycles. The molecule has 0 spiro atoms. The van der Waals surface area contributed by atoms with Gasteiger partial charge in [-0.05, 0) is 39.2 Å². The van der Waals surface area contributed by atoms with Gasteiger partial charge in [0.15, 0.2) is 0 Å². The van der Waals surface area contributed by atoms with Crippen molar-refractivity contribution in [2.24, 2.45) is 0 Å². The summed E-state index contributed by atoms with van der Waals surface area (Å²) in [6.07, 6.45) is 0. The molecule has 0 heterocycles. The number of urea groups is 1. The highest BCUT2D eigenvalue weighted by molar-refractivity contribution is 5.93. The number of carbonyl (C=O) groups excluding carboxylic acids is 1. The Kier molecular flexibility index (Phi) is 5.32. The molecule has 1 atom stereocenters.